The fourth-order valence-corrected chi connectivity index (χ4v) is 7.15. The van der Waals surface area contributed by atoms with Crippen molar-refractivity contribution in [1.82, 2.24) is 0 Å². The number of ketones is 2. The van der Waals surface area contributed by atoms with Gasteiger partial charge in [0.15, 0.2) is 17.3 Å². The molecule has 206 valence electrons. The van der Waals surface area contributed by atoms with Gasteiger partial charge in [0.25, 0.3) is 0 Å². The number of fused-ring (bicyclic) bond motifs is 1. The Morgan fingerprint density at radius 2 is 1.92 bits per heavy atom. The number of hydrogen-bond acceptors (Lipinski definition) is 9. The predicted molar refractivity (Wildman–Crippen MR) is 146 cm³/mol. The van der Waals surface area contributed by atoms with Gasteiger partial charge in [-0.1, -0.05) is 24.6 Å². The van der Waals surface area contributed by atoms with Crippen molar-refractivity contribution >= 4 is 50.8 Å². The highest BCUT2D eigenvalue weighted by Crippen LogP contribution is 2.54. The molecule has 0 radical (unpaired) electrons. The molecule has 2 unspecified atom stereocenters. The summed E-state index contributed by atoms with van der Waals surface area (Å²) in [5.74, 6) is -1.89. The number of benzene rings is 2. The van der Waals surface area contributed by atoms with Crippen LogP contribution in [0, 0.1) is 5.92 Å². The number of ether oxygens (including phenoxy) is 3. The monoisotopic (exact) mass is 574 g/mol. The molecule has 2 aliphatic heterocycles. The van der Waals surface area contributed by atoms with Gasteiger partial charge in [0.2, 0.25) is 21.4 Å². The second kappa shape index (κ2) is 9.87. The SMILES string of the molecule is COc1cc(OC)c2c(c1Cl)OC1(C2=O)C(O)=C(C=Nc2cccc(N3CCCCS3(=O)=O)c2)C(=O)CC1C. The van der Waals surface area contributed by atoms with Crippen molar-refractivity contribution in [2.24, 2.45) is 10.9 Å². The van der Waals surface area contributed by atoms with Gasteiger partial charge in [-0.2, -0.15) is 0 Å². The van der Waals surface area contributed by atoms with Gasteiger partial charge in [-0.25, -0.2) is 8.42 Å². The van der Waals surface area contributed by atoms with E-state index in [0.29, 0.717) is 24.3 Å². The quantitative estimate of drug-likeness (QED) is 0.519. The fourth-order valence-electron chi connectivity index (χ4n) is 5.26. The minimum atomic E-state index is -3.42. The number of aliphatic hydroxyl groups is 1. The summed E-state index contributed by atoms with van der Waals surface area (Å²) in [4.78, 5) is 31.2. The minimum absolute atomic E-state index is 0.00246. The van der Waals surface area contributed by atoms with Crippen molar-refractivity contribution in [3.05, 3.63) is 52.3 Å². The van der Waals surface area contributed by atoms with Gasteiger partial charge < -0.3 is 19.3 Å². The van der Waals surface area contributed by atoms with Crippen LogP contribution < -0.4 is 18.5 Å². The molecule has 1 fully saturated rings. The van der Waals surface area contributed by atoms with Crippen molar-refractivity contribution < 1.29 is 37.3 Å². The lowest BCUT2D eigenvalue weighted by Gasteiger charge is -2.36. The van der Waals surface area contributed by atoms with Crippen LogP contribution in [0.5, 0.6) is 17.2 Å². The Balaban J connectivity index is 1.55. The highest BCUT2D eigenvalue weighted by molar-refractivity contribution is 7.92. The van der Waals surface area contributed by atoms with Gasteiger partial charge >= 0.3 is 0 Å². The Bertz CT molecular complexity index is 1550. The topological polar surface area (TPSA) is 132 Å². The van der Waals surface area contributed by atoms with Crippen LogP contribution in [0.4, 0.5) is 11.4 Å². The maximum Gasteiger partial charge on any atom is 0.235 e. The van der Waals surface area contributed by atoms with Crippen LogP contribution in [-0.4, -0.2) is 63.4 Å². The molecule has 10 nitrogen and oxygen atoms in total. The molecule has 0 bridgehead atoms. The van der Waals surface area contributed by atoms with E-state index in [-0.39, 0.29) is 45.6 Å². The summed E-state index contributed by atoms with van der Waals surface area (Å²) in [6.45, 7) is 2.00. The van der Waals surface area contributed by atoms with Gasteiger partial charge in [0, 0.05) is 31.2 Å². The van der Waals surface area contributed by atoms with E-state index < -0.39 is 38.9 Å². The highest BCUT2D eigenvalue weighted by atomic mass is 35.5. The molecule has 1 spiro atoms. The first kappa shape index (κ1) is 27.0. The van der Waals surface area contributed by atoms with Crippen LogP contribution in [-0.2, 0) is 14.8 Å². The Morgan fingerprint density at radius 3 is 2.62 bits per heavy atom. The Morgan fingerprint density at radius 1 is 1.18 bits per heavy atom. The Labute approximate surface area is 230 Å². The smallest absolute Gasteiger partial charge is 0.235 e. The number of Topliss-reactive ketones (excluding diaryl/α,β-unsaturated/α-hetero) is 2. The molecule has 2 aromatic carbocycles. The molecule has 0 amide bonds. The Hall–Kier alpha value is -3.57. The third-order valence-electron chi connectivity index (χ3n) is 7.32. The first-order chi connectivity index (χ1) is 18.5. The molecule has 1 N–H and O–H groups in total. The summed E-state index contributed by atoms with van der Waals surface area (Å²) in [5.41, 5.74) is -1.23. The van der Waals surface area contributed by atoms with Crippen molar-refractivity contribution in [2.45, 2.75) is 31.8 Å². The van der Waals surface area contributed by atoms with Crippen LogP contribution in [0.1, 0.15) is 36.5 Å². The molecule has 2 aromatic rings. The van der Waals surface area contributed by atoms with Crippen molar-refractivity contribution in [2.75, 3.05) is 30.8 Å². The van der Waals surface area contributed by atoms with E-state index in [9.17, 15) is 23.1 Å². The number of sulfonamides is 1. The van der Waals surface area contributed by atoms with E-state index in [4.69, 9.17) is 25.8 Å². The van der Waals surface area contributed by atoms with Gasteiger partial charge in [0.05, 0.1) is 36.9 Å². The lowest BCUT2D eigenvalue weighted by Crippen LogP contribution is -2.52. The van der Waals surface area contributed by atoms with Crippen LogP contribution in [0.3, 0.4) is 0 Å². The van der Waals surface area contributed by atoms with Gasteiger partial charge in [-0.05, 0) is 31.0 Å². The van der Waals surface area contributed by atoms with Crippen LogP contribution in [0.25, 0.3) is 0 Å². The third kappa shape index (κ3) is 4.24. The Kier molecular flexibility index (Phi) is 6.84. The number of hydrogen-bond donors (Lipinski definition) is 1. The second-order valence-electron chi connectivity index (χ2n) is 9.63. The van der Waals surface area contributed by atoms with E-state index in [2.05, 4.69) is 4.99 Å². The van der Waals surface area contributed by atoms with Gasteiger partial charge in [-0.3, -0.25) is 18.9 Å². The maximum atomic E-state index is 13.8. The molecule has 0 aromatic heterocycles. The molecule has 39 heavy (non-hydrogen) atoms. The van der Waals surface area contributed by atoms with E-state index in [1.807, 2.05) is 0 Å². The molecule has 2 heterocycles. The van der Waals surface area contributed by atoms with E-state index >= 15 is 0 Å². The van der Waals surface area contributed by atoms with Crippen LogP contribution in [0.15, 0.2) is 46.7 Å². The third-order valence-corrected chi connectivity index (χ3v) is 9.55. The van der Waals surface area contributed by atoms with Crippen LogP contribution >= 0.6 is 11.6 Å². The van der Waals surface area contributed by atoms with Crippen molar-refractivity contribution in [3.63, 3.8) is 0 Å². The average Bonchev–Trinajstić information content (AvgIpc) is 3.22. The number of aliphatic imine (C=N–C) groups is 1. The number of carbonyl (C=O) groups excluding carboxylic acids is 2. The molecule has 2 atom stereocenters. The number of methoxy groups -OCH3 is 2. The van der Waals surface area contributed by atoms with E-state index in [1.165, 1.54) is 30.8 Å². The highest BCUT2D eigenvalue weighted by Gasteiger charge is 2.60. The number of aliphatic hydroxyl groups excluding tert-OH is 1. The molecular formula is C27H27ClN2O8S. The zero-order valence-corrected chi connectivity index (χ0v) is 23.1. The summed E-state index contributed by atoms with van der Waals surface area (Å²) in [6.07, 6.45) is 2.43. The van der Waals surface area contributed by atoms with Crippen molar-refractivity contribution in [1.29, 1.82) is 0 Å². The molecule has 0 saturated carbocycles. The summed E-state index contributed by atoms with van der Waals surface area (Å²) in [7, 11) is -0.633. The van der Waals surface area contributed by atoms with Gasteiger partial charge in [0.1, 0.15) is 22.1 Å². The molecule has 12 heteroatoms. The summed E-state index contributed by atoms with van der Waals surface area (Å²) in [6, 6.07) is 8.03. The largest absolute Gasteiger partial charge is 0.507 e. The number of allylic oxidation sites excluding steroid dienone is 1. The first-order valence-corrected chi connectivity index (χ1v) is 14.3. The molecular weight excluding hydrogens is 548 g/mol. The molecule has 1 saturated heterocycles. The van der Waals surface area contributed by atoms with E-state index in [0.717, 1.165) is 6.42 Å². The molecule has 1 aliphatic carbocycles. The zero-order valence-electron chi connectivity index (χ0n) is 21.6. The number of halogens is 1. The summed E-state index contributed by atoms with van der Waals surface area (Å²) in [5, 5.41) is 11.4. The van der Waals surface area contributed by atoms with Crippen molar-refractivity contribution in [3.8, 4) is 17.2 Å². The summed E-state index contributed by atoms with van der Waals surface area (Å²) >= 11 is 6.46. The summed E-state index contributed by atoms with van der Waals surface area (Å²) < 4.78 is 43.2. The first-order valence-electron chi connectivity index (χ1n) is 12.3. The fraction of sp³-hybridized carbons (Fsp3) is 0.370. The number of nitrogens with zero attached hydrogens (tertiary/aromatic N) is 2. The molecule has 3 aliphatic rings. The van der Waals surface area contributed by atoms with Gasteiger partial charge in [-0.15, -0.1) is 0 Å². The number of rotatable bonds is 5. The number of anilines is 1. The standard InChI is InChI=1S/C27H27ClN2O8S/c1-15-11-19(31)18(14-29-16-7-6-8-17(12-16)30-9-4-5-10-39(30,34)35)25(32)27(15)26(33)22-20(36-2)13-21(37-3)23(28)24(22)38-27/h6-8,12-15,32H,4-5,9-11H2,1-3H3. The number of carbonyl (C=O) groups is 2. The normalized spacial score (nSPS) is 24.3. The zero-order chi connectivity index (χ0) is 28.1. The van der Waals surface area contributed by atoms with E-state index in [1.54, 1.807) is 31.2 Å². The molecule has 5 rings (SSSR count). The maximum absolute atomic E-state index is 13.8. The lowest BCUT2D eigenvalue weighted by atomic mass is 9.73. The average molecular weight is 575 g/mol. The predicted octanol–water partition coefficient (Wildman–Crippen LogP) is 4.42. The minimum Gasteiger partial charge on any atom is -0.507 e. The van der Waals surface area contributed by atoms with Crippen LogP contribution in [0.2, 0.25) is 5.02 Å². The lowest BCUT2D eigenvalue weighted by molar-refractivity contribution is -0.118. The second-order valence-corrected chi connectivity index (χ2v) is 12.0.